The summed E-state index contributed by atoms with van der Waals surface area (Å²) in [5, 5.41) is 8.26. The Labute approximate surface area is 169 Å². The van der Waals surface area contributed by atoms with Crippen LogP contribution in [0.25, 0.3) is 28.6 Å². The number of aromatic nitrogens is 4. The summed E-state index contributed by atoms with van der Waals surface area (Å²) in [7, 11) is -3.19. The quantitative estimate of drug-likeness (QED) is 0.636. The van der Waals surface area contributed by atoms with Gasteiger partial charge in [-0.3, -0.25) is 4.98 Å². The van der Waals surface area contributed by atoms with Gasteiger partial charge in [0, 0.05) is 18.7 Å². The molecular formula is C20H21N5O3S. The highest BCUT2D eigenvalue weighted by Gasteiger charge is 2.24. The molecule has 0 saturated carbocycles. The van der Waals surface area contributed by atoms with Crippen molar-refractivity contribution in [2.75, 3.05) is 18.8 Å². The fourth-order valence-electron chi connectivity index (χ4n) is 3.14. The fraction of sp³-hybridized carbons (Fsp3) is 0.300. The maximum absolute atomic E-state index is 12.0. The van der Waals surface area contributed by atoms with E-state index >= 15 is 0 Å². The average molecular weight is 411 g/mol. The first-order valence-electron chi connectivity index (χ1n) is 9.38. The van der Waals surface area contributed by atoms with Gasteiger partial charge in [-0.25, -0.2) is 13.4 Å². The predicted octanol–water partition coefficient (Wildman–Crippen LogP) is 2.94. The lowest BCUT2D eigenvalue weighted by atomic mass is 10.1. The number of benzene rings is 1. The summed E-state index contributed by atoms with van der Waals surface area (Å²) in [6.07, 6.45) is 4.17. The van der Waals surface area contributed by atoms with E-state index in [1.807, 2.05) is 43.3 Å². The van der Waals surface area contributed by atoms with Gasteiger partial charge in [0.05, 0.1) is 23.3 Å². The van der Waals surface area contributed by atoms with Crippen LogP contribution in [0.3, 0.4) is 0 Å². The molecule has 0 bridgehead atoms. The van der Waals surface area contributed by atoms with Crippen molar-refractivity contribution in [1.29, 1.82) is 0 Å². The molecule has 0 unspecified atom stereocenters. The highest BCUT2D eigenvalue weighted by atomic mass is 32.2. The number of aryl methyl sites for hydroxylation is 1. The van der Waals surface area contributed by atoms with Gasteiger partial charge in [-0.1, -0.05) is 24.3 Å². The van der Waals surface area contributed by atoms with Crippen molar-refractivity contribution >= 4 is 15.6 Å². The Morgan fingerprint density at radius 3 is 2.59 bits per heavy atom. The maximum atomic E-state index is 12.0. The normalized spacial score (nSPS) is 15.3. The molecule has 0 spiro atoms. The smallest absolute Gasteiger partial charge is 0.268 e. The monoisotopic (exact) mass is 411 g/mol. The Bertz CT molecular complexity index is 1160. The minimum atomic E-state index is -3.19. The molecule has 1 aliphatic heterocycles. The first-order chi connectivity index (χ1) is 14.0. The van der Waals surface area contributed by atoms with E-state index in [-0.39, 0.29) is 5.75 Å². The molecule has 3 aromatic rings. The minimum absolute atomic E-state index is 0.103. The van der Waals surface area contributed by atoms with Gasteiger partial charge in [0.2, 0.25) is 15.9 Å². The molecular weight excluding hydrogens is 390 g/mol. The number of hydrogen-bond acceptors (Lipinski definition) is 7. The Morgan fingerprint density at radius 1 is 1.14 bits per heavy atom. The summed E-state index contributed by atoms with van der Waals surface area (Å²) >= 11 is 0. The Morgan fingerprint density at radius 2 is 1.90 bits per heavy atom. The molecule has 9 heteroatoms. The number of sulfonamides is 1. The molecule has 0 atom stereocenters. The summed E-state index contributed by atoms with van der Waals surface area (Å²) in [6.45, 7) is 4.27. The number of rotatable bonds is 5. The van der Waals surface area contributed by atoms with Crippen LogP contribution in [-0.2, 0) is 10.0 Å². The van der Waals surface area contributed by atoms with Crippen LogP contribution in [0.5, 0.6) is 0 Å². The fourth-order valence-corrected chi connectivity index (χ4v) is 4.18. The van der Waals surface area contributed by atoms with Crippen LogP contribution < -0.4 is 0 Å². The molecule has 3 heterocycles. The van der Waals surface area contributed by atoms with Crippen molar-refractivity contribution in [2.24, 2.45) is 0 Å². The third-order valence-electron chi connectivity index (χ3n) is 4.86. The second-order valence-corrected chi connectivity index (χ2v) is 8.96. The van der Waals surface area contributed by atoms with E-state index < -0.39 is 10.0 Å². The highest BCUT2D eigenvalue weighted by Crippen LogP contribution is 2.27. The summed E-state index contributed by atoms with van der Waals surface area (Å²) in [5.74, 6) is 0.831. The van der Waals surface area contributed by atoms with Crippen molar-refractivity contribution in [3.63, 3.8) is 0 Å². The van der Waals surface area contributed by atoms with Crippen LogP contribution in [0, 0.1) is 6.92 Å². The topological polar surface area (TPSA) is 102 Å². The zero-order valence-corrected chi connectivity index (χ0v) is 17.1. The summed E-state index contributed by atoms with van der Waals surface area (Å²) in [4.78, 5) is 9.12. The van der Waals surface area contributed by atoms with Crippen LogP contribution in [0.1, 0.15) is 24.7 Å². The minimum Gasteiger partial charge on any atom is -0.415 e. The Balaban J connectivity index is 1.62. The molecule has 1 aliphatic rings. The molecule has 4 rings (SSSR count). The first-order valence-corrected chi connectivity index (χ1v) is 11.0. The second kappa shape index (κ2) is 7.84. The van der Waals surface area contributed by atoms with Gasteiger partial charge in [-0.15, -0.1) is 10.2 Å². The van der Waals surface area contributed by atoms with Gasteiger partial charge in [-0.2, -0.15) is 4.31 Å². The lowest BCUT2D eigenvalue weighted by Gasteiger charge is -2.25. The summed E-state index contributed by atoms with van der Waals surface area (Å²) < 4.78 is 31.4. The largest absolute Gasteiger partial charge is 0.415 e. The molecule has 29 heavy (non-hydrogen) atoms. The average Bonchev–Trinajstić information content (AvgIpc) is 3.25. The van der Waals surface area contributed by atoms with Gasteiger partial charge in [0.15, 0.2) is 0 Å². The zero-order valence-electron chi connectivity index (χ0n) is 16.2. The van der Waals surface area contributed by atoms with Crippen molar-refractivity contribution in [1.82, 2.24) is 24.5 Å². The van der Waals surface area contributed by atoms with Crippen LogP contribution in [0.4, 0.5) is 0 Å². The summed E-state index contributed by atoms with van der Waals surface area (Å²) in [5.41, 5.74) is 3.70. The second-order valence-electron chi connectivity index (χ2n) is 6.71. The molecule has 0 saturated heterocycles. The molecule has 8 nitrogen and oxygen atoms in total. The molecule has 1 aromatic carbocycles. The molecule has 0 fully saturated rings. The van der Waals surface area contributed by atoms with E-state index in [1.165, 1.54) is 4.31 Å². The third kappa shape index (κ3) is 3.96. The van der Waals surface area contributed by atoms with Crippen LogP contribution >= 0.6 is 0 Å². The van der Waals surface area contributed by atoms with Crippen molar-refractivity contribution in [3.8, 4) is 23.0 Å². The standard InChI is InChI=1S/C20H21N5O3S/c1-3-29(26,27)25-11-9-15(10-12-25)17-13-21-14(2)18(22-17)20-24-23-19(28-20)16-7-5-4-6-8-16/h4-9,13H,3,10-12H2,1-2H3. The SMILES string of the molecule is CCS(=O)(=O)N1CC=C(c2cnc(C)c(-c3nnc(-c4ccccc4)o3)n2)CC1. The molecule has 150 valence electrons. The lowest BCUT2D eigenvalue weighted by molar-refractivity contribution is 0.442. The van der Waals surface area contributed by atoms with Gasteiger partial charge in [0.1, 0.15) is 5.69 Å². The molecule has 2 aromatic heterocycles. The van der Waals surface area contributed by atoms with Crippen molar-refractivity contribution in [3.05, 3.63) is 54.0 Å². The molecule has 0 N–H and O–H groups in total. The van der Waals surface area contributed by atoms with E-state index in [0.29, 0.717) is 48.4 Å². The van der Waals surface area contributed by atoms with Gasteiger partial charge in [-0.05, 0) is 38.0 Å². The van der Waals surface area contributed by atoms with E-state index in [9.17, 15) is 8.42 Å². The first kappa shape index (κ1) is 19.4. The lowest BCUT2D eigenvalue weighted by Crippen LogP contribution is -2.35. The summed E-state index contributed by atoms with van der Waals surface area (Å²) in [6, 6.07) is 9.53. The Hall–Kier alpha value is -2.91. The molecule has 0 aliphatic carbocycles. The van der Waals surface area contributed by atoms with Crippen LogP contribution in [0.2, 0.25) is 0 Å². The van der Waals surface area contributed by atoms with Gasteiger partial charge in [0.25, 0.3) is 5.89 Å². The van der Waals surface area contributed by atoms with Crippen molar-refractivity contribution in [2.45, 2.75) is 20.3 Å². The maximum Gasteiger partial charge on any atom is 0.268 e. The van der Waals surface area contributed by atoms with Crippen molar-refractivity contribution < 1.29 is 12.8 Å². The van der Waals surface area contributed by atoms with Crippen LogP contribution in [-0.4, -0.2) is 51.7 Å². The van der Waals surface area contributed by atoms with Crippen LogP contribution in [0.15, 0.2) is 47.0 Å². The van der Waals surface area contributed by atoms with E-state index in [4.69, 9.17) is 4.42 Å². The third-order valence-corrected chi connectivity index (χ3v) is 6.71. The number of hydrogen-bond donors (Lipinski definition) is 0. The van der Waals surface area contributed by atoms with E-state index in [1.54, 1.807) is 13.1 Å². The number of nitrogens with zero attached hydrogens (tertiary/aromatic N) is 5. The van der Waals surface area contributed by atoms with E-state index in [2.05, 4.69) is 20.2 Å². The highest BCUT2D eigenvalue weighted by molar-refractivity contribution is 7.89. The van der Waals surface area contributed by atoms with E-state index in [0.717, 1.165) is 11.1 Å². The van der Waals surface area contributed by atoms with Gasteiger partial charge < -0.3 is 4.42 Å². The molecule has 0 amide bonds. The molecule has 0 radical (unpaired) electrons. The zero-order chi connectivity index (χ0) is 20.4. The van der Waals surface area contributed by atoms with Gasteiger partial charge >= 0.3 is 0 Å². The Kier molecular flexibility index (Phi) is 5.25. The predicted molar refractivity (Wildman–Crippen MR) is 109 cm³/mol.